The SMILES string of the molecule is COC(=O)CS(=O)(=O)N1CCCC(CCO)C1. The number of piperidine rings is 1. The van der Waals surface area contributed by atoms with Gasteiger partial charge in [0.25, 0.3) is 0 Å². The fourth-order valence-corrected chi connectivity index (χ4v) is 3.44. The van der Waals surface area contributed by atoms with E-state index in [0.29, 0.717) is 19.5 Å². The molecule has 0 aromatic rings. The summed E-state index contributed by atoms with van der Waals surface area (Å²) in [5, 5.41) is 8.85. The van der Waals surface area contributed by atoms with Crippen LogP contribution in [0.15, 0.2) is 0 Å². The van der Waals surface area contributed by atoms with E-state index in [1.165, 1.54) is 11.4 Å². The predicted molar refractivity (Wildman–Crippen MR) is 61.8 cm³/mol. The minimum Gasteiger partial charge on any atom is -0.468 e. The van der Waals surface area contributed by atoms with Gasteiger partial charge in [0.1, 0.15) is 0 Å². The standard InChI is InChI=1S/C10H19NO5S/c1-16-10(13)8-17(14,15)11-5-2-3-9(7-11)4-6-12/h9,12H,2-8H2,1H3. The second-order valence-corrected chi connectivity index (χ2v) is 6.18. The maximum absolute atomic E-state index is 11.9. The van der Waals surface area contributed by atoms with Crippen LogP contribution in [0.1, 0.15) is 19.3 Å². The molecule has 0 amide bonds. The highest BCUT2D eigenvalue weighted by Gasteiger charge is 2.30. The smallest absolute Gasteiger partial charge is 0.322 e. The van der Waals surface area contributed by atoms with Gasteiger partial charge in [-0.3, -0.25) is 4.79 Å². The van der Waals surface area contributed by atoms with Crippen LogP contribution in [0.25, 0.3) is 0 Å². The zero-order valence-corrected chi connectivity index (χ0v) is 10.8. The Morgan fingerprint density at radius 2 is 2.24 bits per heavy atom. The molecule has 1 aliphatic heterocycles. The molecule has 0 radical (unpaired) electrons. The van der Waals surface area contributed by atoms with Crippen molar-refractivity contribution in [3.05, 3.63) is 0 Å². The summed E-state index contributed by atoms with van der Waals surface area (Å²) in [6, 6.07) is 0. The molecule has 1 fully saturated rings. The lowest BCUT2D eigenvalue weighted by molar-refractivity contribution is -0.137. The zero-order valence-electron chi connectivity index (χ0n) is 9.96. The van der Waals surface area contributed by atoms with Crippen LogP contribution in [-0.4, -0.2) is 56.4 Å². The van der Waals surface area contributed by atoms with Crippen molar-refractivity contribution in [2.45, 2.75) is 19.3 Å². The van der Waals surface area contributed by atoms with Crippen molar-refractivity contribution in [2.24, 2.45) is 5.92 Å². The van der Waals surface area contributed by atoms with Gasteiger partial charge in [0, 0.05) is 19.7 Å². The Kier molecular flexibility index (Phi) is 5.35. The lowest BCUT2D eigenvalue weighted by Crippen LogP contribution is -2.42. The number of sulfonamides is 1. The van der Waals surface area contributed by atoms with Crippen LogP contribution in [0, 0.1) is 5.92 Å². The third kappa shape index (κ3) is 4.25. The van der Waals surface area contributed by atoms with E-state index in [-0.39, 0.29) is 12.5 Å². The summed E-state index contributed by atoms with van der Waals surface area (Å²) < 4.78 is 29.4. The third-order valence-electron chi connectivity index (χ3n) is 2.94. The molecule has 0 aliphatic carbocycles. The number of hydrogen-bond donors (Lipinski definition) is 1. The summed E-state index contributed by atoms with van der Waals surface area (Å²) in [5.74, 6) is -1.16. The summed E-state index contributed by atoms with van der Waals surface area (Å²) >= 11 is 0. The van der Waals surface area contributed by atoms with E-state index < -0.39 is 21.7 Å². The molecule has 17 heavy (non-hydrogen) atoms. The highest BCUT2D eigenvalue weighted by Crippen LogP contribution is 2.21. The summed E-state index contributed by atoms with van der Waals surface area (Å²) in [6.45, 7) is 0.900. The molecule has 6 nitrogen and oxygen atoms in total. The summed E-state index contributed by atoms with van der Waals surface area (Å²) in [5.41, 5.74) is 0. The maximum Gasteiger partial charge on any atom is 0.322 e. The van der Waals surface area contributed by atoms with Gasteiger partial charge in [-0.2, -0.15) is 0 Å². The van der Waals surface area contributed by atoms with Crippen LogP contribution in [0.4, 0.5) is 0 Å². The summed E-state index contributed by atoms with van der Waals surface area (Å²) in [4.78, 5) is 11.0. The normalized spacial score (nSPS) is 22.4. The lowest BCUT2D eigenvalue weighted by Gasteiger charge is -2.31. The van der Waals surface area contributed by atoms with Crippen LogP contribution >= 0.6 is 0 Å². The maximum atomic E-state index is 11.9. The molecule has 1 N–H and O–H groups in total. The number of aliphatic hydroxyl groups is 1. The van der Waals surface area contributed by atoms with Gasteiger partial charge in [-0.25, -0.2) is 12.7 Å². The molecule has 1 unspecified atom stereocenters. The van der Waals surface area contributed by atoms with Gasteiger partial charge < -0.3 is 9.84 Å². The highest BCUT2D eigenvalue weighted by molar-refractivity contribution is 7.89. The van der Waals surface area contributed by atoms with E-state index in [2.05, 4.69) is 4.74 Å². The number of esters is 1. The average Bonchev–Trinajstić information content (AvgIpc) is 2.29. The fraction of sp³-hybridized carbons (Fsp3) is 0.900. The Morgan fingerprint density at radius 3 is 2.82 bits per heavy atom. The van der Waals surface area contributed by atoms with E-state index in [9.17, 15) is 13.2 Å². The summed E-state index contributed by atoms with van der Waals surface area (Å²) in [6.07, 6.45) is 2.29. The van der Waals surface area contributed by atoms with Crippen LogP contribution < -0.4 is 0 Å². The Balaban J connectivity index is 2.61. The Labute approximate surface area is 102 Å². The zero-order chi connectivity index (χ0) is 12.9. The van der Waals surface area contributed by atoms with Crippen molar-refractivity contribution in [3.63, 3.8) is 0 Å². The van der Waals surface area contributed by atoms with Crippen LogP contribution in [0.5, 0.6) is 0 Å². The number of ether oxygens (including phenoxy) is 1. The molecule has 100 valence electrons. The number of nitrogens with zero attached hydrogens (tertiary/aromatic N) is 1. The Bertz CT molecular complexity index is 352. The first kappa shape index (κ1) is 14.4. The van der Waals surface area contributed by atoms with Gasteiger partial charge in [0.2, 0.25) is 10.0 Å². The molecule has 0 saturated carbocycles. The van der Waals surface area contributed by atoms with Crippen LogP contribution in [-0.2, 0) is 19.6 Å². The highest BCUT2D eigenvalue weighted by atomic mass is 32.2. The van der Waals surface area contributed by atoms with Crippen molar-refractivity contribution in [1.82, 2.24) is 4.31 Å². The Morgan fingerprint density at radius 1 is 1.53 bits per heavy atom. The lowest BCUT2D eigenvalue weighted by atomic mass is 9.97. The topological polar surface area (TPSA) is 83.9 Å². The van der Waals surface area contributed by atoms with Crippen molar-refractivity contribution in [1.29, 1.82) is 0 Å². The minimum atomic E-state index is -3.57. The molecule has 1 aliphatic rings. The third-order valence-corrected chi connectivity index (χ3v) is 4.66. The first-order valence-corrected chi connectivity index (χ1v) is 7.26. The van der Waals surface area contributed by atoms with Gasteiger partial charge >= 0.3 is 5.97 Å². The van der Waals surface area contributed by atoms with Gasteiger partial charge in [-0.15, -0.1) is 0 Å². The van der Waals surface area contributed by atoms with Crippen LogP contribution in [0.3, 0.4) is 0 Å². The monoisotopic (exact) mass is 265 g/mol. The number of rotatable bonds is 5. The van der Waals surface area contributed by atoms with E-state index in [1.807, 2.05) is 0 Å². The van der Waals surface area contributed by atoms with Crippen molar-refractivity contribution < 1.29 is 23.1 Å². The molecular formula is C10H19NO5S. The van der Waals surface area contributed by atoms with E-state index in [1.54, 1.807) is 0 Å². The number of carbonyl (C=O) groups excluding carboxylic acids is 1. The van der Waals surface area contributed by atoms with E-state index in [0.717, 1.165) is 12.8 Å². The molecule has 1 atom stereocenters. The molecule has 0 bridgehead atoms. The first-order chi connectivity index (χ1) is 7.99. The van der Waals surface area contributed by atoms with Gasteiger partial charge in [-0.05, 0) is 25.2 Å². The number of hydrogen-bond acceptors (Lipinski definition) is 5. The predicted octanol–water partition coefficient (Wildman–Crippen LogP) is -0.416. The molecule has 1 saturated heterocycles. The van der Waals surface area contributed by atoms with Gasteiger partial charge in [0.15, 0.2) is 5.75 Å². The number of methoxy groups -OCH3 is 1. The number of aliphatic hydroxyl groups excluding tert-OH is 1. The second-order valence-electron chi connectivity index (χ2n) is 4.21. The molecule has 0 aromatic heterocycles. The number of carbonyl (C=O) groups is 1. The molecule has 1 heterocycles. The minimum absolute atomic E-state index is 0.0650. The van der Waals surface area contributed by atoms with Crippen molar-refractivity contribution in [2.75, 3.05) is 32.6 Å². The van der Waals surface area contributed by atoms with E-state index in [4.69, 9.17) is 5.11 Å². The summed E-state index contributed by atoms with van der Waals surface area (Å²) in [7, 11) is -2.40. The van der Waals surface area contributed by atoms with Crippen molar-refractivity contribution >= 4 is 16.0 Å². The Hall–Kier alpha value is -0.660. The molecule has 0 spiro atoms. The van der Waals surface area contributed by atoms with Crippen LogP contribution in [0.2, 0.25) is 0 Å². The molecular weight excluding hydrogens is 246 g/mol. The molecule has 0 aromatic carbocycles. The van der Waals surface area contributed by atoms with Gasteiger partial charge in [-0.1, -0.05) is 0 Å². The first-order valence-electron chi connectivity index (χ1n) is 5.65. The second kappa shape index (κ2) is 6.32. The molecule has 1 rings (SSSR count). The largest absolute Gasteiger partial charge is 0.468 e. The fourth-order valence-electron chi connectivity index (χ4n) is 2.00. The van der Waals surface area contributed by atoms with Crippen molar-refractivity contribution in [3.8, 4) is 0 Å². The van der Waals surface area contributed by atoms with E-state index >= 15 is 0 Å². The van der Waals surface area contributed by atoms with Gasteiger partial charge in [0.05, 0.1) is 7.11 Å². The molecule has 7 heteroatoms. The quantitative estimate of drug-likeness (QED) is 0.683. The average molecular weight is 265 g/mol.